The molecule has 2 aliphatic rings. The molecule has 0 fully saturated rings. The molecule has 5 rings (SSSR count). The minimum atomic E-state index is -0.292. The van der Waals surface area contributed by atoms with Gasteiger partial charge in [-0.25, -0.2) is 4.39 Å². The first-order valence-electron chi connectivity index (χ1n) is 9.63. The van der Waals surface area contributed by atoms with E-state index in [1.165, 1.54) is 12.1 Å². The number of fused-ring (bicyclic) bond motifs is 1. The molecule has 1 N–H and O–H groups in total. The number of ether oxygens (including phenoxy) is 2. The molecule has 2 heterocycles. The molecule has 0 saturated heterocycles. The van der Waals surface area contributed by atoms with Crippen LogP contribution in [0, 0.1) is 5.82 Å². The highest BCUT2D eigenvalue weighted by Crippen LogP contribution is 2.43. The Bertz CT molecular complexity index is 1150. The van der Waals surface area contributed by atoms with Gasteiger partial charge in [-0.05, 0) is 35.9 Å². The number of hydrogen-bond donors (Lipinski definition) is 1. The predicted octanol–water partition coefficient (Wildman–Crippen LogP) is 5.12. The summed E-state index contributed by atoms with van der Waals surface area (Å²) in [5.74, 6) is 1.69. The van der Waals surface area contributed by atoms with Crippen LogP contribution in [0.5, 0.6) is 11.5 Å². The summed E-state index contributed by atoms with van der Waals surface area (Å²) >= 11 is 5.73. The second-order valence-electron chi connectivity index (χ2n) is 7.14. The van der Waals surface area contributed by atoms with E-state index in [-0.39, 0.29) is 12.0 Å². The zero-order valence-corrected chi connectivity index (χ0v) is 17.1. The van der Waals surface area contributed by atoms with Gasteiger partial charge in [0.05, 0.1) is 12.7 Å². The lowest BCUT2D eigenvalue weighted by Crippen LogP contribution is -2.49. The van der Waals surface area contributed by atoms with Crippen LogP contribution >= 0.6 is 12.2 Å². The second kappa shape index (κ2) is 7.46. The number of thiocarbonyl (C=S) groups is 1. The molecule has 0 radical (unpaired) electrons. The van der Waals surface area contributed by atoms with Crippen LogP contribution in [0.4, 0.5) is 10.1 Å². The largest absolute Gasteiger partial charge is 0.493 e. The molecule has 0 saturated carbocycles. The first kappa shape index (κ1) is 18.6. The van der Waals surface area contributed by atoms with Crippen molar-refractivity contribution in [3.05, 3.63) is 101 Å². The van der Waals surface area contributed by atoms with Gasteiger partial charge in [0.1, 0.15) is 17.0 Å². The van der Waals surface area contributed by atoms with E-state index < -0.39 is 0 Å². The maximum absolute atomic E-state index is 13.7. The smallest absolute Gasteiger partial charge is 0.209 e. The highest BCUT2D eigenvalue weighted by atomic mass is 32.1. The molecule has 30 heavy (non-hydrogen) atoms. The number of anilines is 1. The first-order chi connectivity index (χ1) is 14.7. The van der Waals surface area contributed by atoms with Gasteiger partial charge in [0.15, 0.2) is 11.5 Å². The molecular formula is C24H19FN2O2S. The zero-order valence-electron chi connectivity index (χ0n) is 16.3. The van der Waals surface area contributed by atoms with E-state index >= 15 is 0 Å². The molecule has 0 amide bonds. The van der Waals surface area contributed by atoms with E-state index in [2.05, 4.69) is 5.32 Å². The lowest BCUT2D eigenvalue weighted by atomic mass is 9.98. The van der Waals surface area contributed by atoms with Gasteiger partial charge in [0.25, 0.3) is 0 Å². The van der Waals surface area contributed by atoms with Crippen molar-refractivity contribution in [1.82, 2.24) is 5.32 Å². The summed E-state index contributed by atoms with van der Waals surface area (Å²) in [7, 11) is 1.63. The standard InChI is InChI=1S/C24H19FN2O2S/c1-28-20-9-5-8-16-14-19-23(30)26-22(15-6-3-2-4-7-15)27(24(19)29-21(16)20)18-12-10-17(25)11-13-18/h2-13,22H,14H2,1H3,(H,26,30)/t22-/m1/s1. The van der Waals surface area contributed by atoms with Crippen molar-refractivity contribution in [2.75, 3.05) is 12.0 Å². The highest BCUT2D eigenvalue weighted by Gasteiger charge is 2.38. The van der Waals surface area contributed by atoms with E-state index in [0.717, 1.165) is 22.4 Å². The number of benzene rings is 3. The van der Waals surface area contributed by atoms with Gasteiger partial charge in [-0.3, -0.25) is 4.90 Å². The van der Waals surface area contributed by atoms with E-state index in [4.69, 9.17) is 21.7 Å². The lowest BCUT2D eigenvalue weighted by molar-refractivity contribution is 0.327. The van der Waals surface area contributed by atoms with E-state index in [9.17, 15) is 4.39 Å². The Labute approximate surface area is 179 Å². The van der Waals surface area contributed by atoms with Crippen molar-refractivity contribution in [3.8, 4) is 11.5 Å². The summed E-state index contributed by atoms with van der Waals surface area (Å²) in [5, 5.41) is 3.45. The molecule has 4 nitrogen and oxygen atoms in total. The molecule has 6 heteroatoms. The van der Waals surface area contributed by atoms with Crippen molar-refractivity contribution in [3.63, 3.8) is 0 Å². The molecule has 2 aliphatic heterocycles. The normalized spacial score (nSPS) is 17.6. The number of para-hydroxylation sites is 1. The molecule has 0 bridgehead atoms. The Morgan fingerprint density at radius 2 is 1.80 bits per heavy atom. The van der Waals surface area contributed by atoms with E-state index in [1.54, 1.807) is 19.2 Å². The molecule has 1 atom stereocenters. The molecular weight excluding hydrogens is 399 g/mol. The maximum Gasteiger partial charge on any atom is 0.209 e. The second-order valence-corrected chi connectivity index (χ2v) is 7.55. The molecule has 0 aliphatic carbocycles. The topological polar surface area (TPSA) is 33.7 Å². The molecule has 150 valence electrons. The van der Waals surface area contributed by atoms with E-state index in [0.29, 0.717) is 28.8 Å². The summed E-state index contributed by atoms with van der Waals surface area (Å²) in [6, 6.07) is 22.2. The average molecular weight is 418 g/mol. The van der Waals surface area contributed by atoms with Crippen LogP contribution in [0.15, 0.2) is 84.3 Å². The fourth-order valence-corrected chi connectivity index (χ4v) is 4.17. The quantitative estimate of drug-likeness (QED) is 0.598. The predicted molar refractivity (Wildman–Crippen MR) is 118 cm³/mol. The minimum absolute atomic E-state index is 0.290. The third-order valence-electron chi connectivity index (χ3n) is 5.34. The average Bonchev–Trinajstić information content (AvgIpc) is 2.79. The number of nitrogens with one attached hydrogen (secondary N) is 1. The summed E-state index contributed by atoms with van der Waals surface area (Å²) in [6.07, 6.45) is 0.326. The van der Waals surface area contributed by atoms with Crippen molar-refractivity contribution in [2.24, 2.45) is 0 Å². The van der Waals surface area contributed by atoms with Crippen LogP contribution in [0.1, 0.15) is 17.3 Å². The first-order valence-corrected chi connectivity index (χ1v) is 10.0. The molecule has 3 aromatic rings. The van der Waals surface area contributed by atoms with Gasteiger partial charge >= 0.3 is 0 Å². The lowest BCUT2D eigenvalue weighted by Gasteiger charge is -2.43. The maximum atomic E-state index is 13.7. The number of methoxy groups -OCH3 is 1. The van der Waals surface area contributed by atoms with Crippen molar-refractivity contribution < 1.29 is 13.9 Å². The monoisotopic (exact) mass is 418 g/mol. The molecule has 0 spiro atoms. The van der Waals surface area contributed by atoms with Gasteiger partial charge in [0, 0.05) is 17.7 Å². The van der Waals surface area contributed by atoms with Crippen LogP contribution in [-0.4, -0.2) is 12.1 Å². The highest BCUT2D eigenvalue weighted by molar-refractivity contribution is 7.80. The van der Waals surface area contributed by atoms with Gasteiger partial charge in [0.2, 0.25) is 5.88 Å². The van der Waals surface area contributed by atoms with Crippen molar-refractivity contribution >= 4 is 22.9 Å². The summed E-state index contributed by atoms with van der Waals surface area (Å²) in [5.41, 5.74) is 3.72. The SMILES string of the molecule is COc1cccc2c1OC1=C(C2)C(=S)N[C@@H](c2ccccc2)N1c1ccc(F)cc1. The molecule has 0 unspecified atom stereocenters. The van der Waals surface area contributed by atoms with Gasteiger partial charge < -0.3 is 14.8 Å². The fraction of sp³-hybridized carbons (Fsp3) is 0.125. The number of halogens is 1. The zero-order chi connectivity index (χ0) is 20.7. The van der Waals surface area contributed by atoms with Crippen LogP contribution in [-0.2, 0) is 6.42 Å². The Balaban J connectivity index is 1.67. The molecule has 3 aromatic carbocycles. The van der Waals surface area contributed by atoms with Gasteiger partial charge in [-0.1, -0.05) is 54.7 Å². The third kappa shape index (κ3) is 3.09. The fourth-order valence-electron chi connectivity index (χ4n) is 3.90. The van der Waals surface area contributed by atoms with Crippen LogP contribution in [0.2, 0.25) is 0 Å². The Kier molecular flexibility index (Phi) is 4.64. The van der Waals surface area contributed by atoms with Gasteiger partial charge in [-0.2, -0.15) is 0 Å². The van der Waals surface area contributed by atoms with Crippen molar-refractivity contribution in [2.45, 2.75) is 12.6 Å². The minimum Gasteiger partial charge on any atom is -0.493 e. The van der Waals surface area contributed by atoms with Crippen LogP contribution < -0.4 is 19.7 Å². The number of nitrogens with zero attached hydrogens (tertiary/aromatic N) is 1. The van der Waals surface area contributed by atoms with Gasteiger partial charge in [-0.15, -0.1) is 0 Å². The summed E-state index contributed by atoms with van der Waals surface area (Å²) in [4.78, 5) is 2.67. The number of hydrogen-bond acceptors (Lipinski definition) is 4. The molecule has 0 aromatic heterocycles. The third-order valence-corrected chi connectivity index (χ3v) is 5.71. The van der Waals surface area contributed by atoms with E-state index in [1.807, 2.05) is 53.4 Å². The Morgan fingerprint density at radius 1 is 1.03 bits per heavy atom. The number of rotatable bonds is 3. The Morgan fingerprint density at radius 3 is 2.53 bits per heavy atom. The summed E-state index contributed by atoms with van der Waals surface area (Å²) in [6.45, 7) is 0. The summed E-state index contributed by atoms with van der Waals surface area (Å²) < 4.78 is 25.6. The van der Waals surface area contributed by atoms with Crippen molar-refractivity contribution in [1.29, 1.82) is 0 Å². The van der Waals surface area contributed by atoms with Crippen LogP contribution in [0.3, 0.4) is 0 Å². The van der Waals surface area contributed by atoms with Crippen LogP contribution in [0.25, 0.3) is 0 Å². The Hall–Kier alpha value is -3.38.